The van der Waals surface area contributed by atoms with Crippen LogP contribution in [0.2, 0.25) is 0 Å². The van der Waals surface area contributed by atoms with E-state index in [1.54, 1.807) is 9.69 Å². The zero-order chi connectivity index (χ0) is 21.1. The van der Waals surface area contributed by atoms with Crippen LogP contribution in [-0.4, -0.2) is 89.6 Å². The number of hydrogen-bond acceptors (Lipinski definition) is 7. The van der Waals surface area contributed by atoms with Gasteiger partial charge in [0.25, 0.3) is 17.7 Å². The average Bonchev–Trinajstić information content (AvgIpc) is 3.22. The lowest BCUT2D eigenvalue weighted by Gasteiger charge is -2.41. The van der Waals surface area contributed by atoms with Crippen LogP contribution in [0.25, 0.3) is 0 Å². The first kappa shape index (κ1) is 20.8. The maximum absolute atomic E-state index is 13.0. The molecular formula is C19H28N6O5. The van der Waals surface area contributed by atoms with Gasteiger partial charge in [0.1, 0.15) is 12.3 Å². The van der Waals surface area contributed by atoms with Gasteiger partial charge in [-0.1, -0.05) is 0 Å². The Morgan fingerprint density at radius 3 is 2.47 bits per heavy atom. The third kappa shape index (κ3) is 4.47. The minimum Gasteiger partial charge on any atom is -0.381 e. The molecule has 11 heteroatoms. The summed E-state index contributed by atoms with van der Waals surface area (Å²) in [6, 6.07) is 1.45. The number of carbonyl (C=O) groups excluding carboxylic acids is 3. The van der Waals surface area contributed by atoms with E-state index in [1.165, 1.54) is 6.07 Å². The summed E-state index contributed by atoms with van der Waals surface area (Å²) in [6.45, 7) is 3.78. The summed E-state index contributed by atoms with van der Waals surface area (Å²) in [7, 11) is 0. The topological polar surface area (TPSA) is 132 Å². The van der Waals surface area contributed by atoms with Crippen molar-refractivity contribution in [2.45, 2.75) is 37.8 Å². The normalized spacial score (nSPS) is 22.3. The molecule has 4 rings (SSSR count). The SMILES string of the molecule is NC(=O)c1cc(C(=O)NC2CCN(N3CCOCC3=O)CC2)n(C2CCOCC2)n1. The van der Waals surface area contributed by atoms with E-state index in [-0.39, 0.29) is 36.2 Å². The molecule has 1 aromatic heterocycles. The van der Waals surface area contributed by atoms with Crippen molar-refractivity contribution >= 4 is 17.7 Å². The molecule has 4 heterocycles. The monoisotopic (exact) mass is 420 g/mol. The molecule has 0 unspecified atom stereocenters. The Morgan fingerprint density at radius 1 is 1.07 bits per heavy atom. The largest absolute Gasteiger partial charge is 0.381 e. The fraction of sp³-hybridized carbons (Fsp3) is 0.684. The first-order valence-electron chi connectivity index (χ1n) is 10.4. The van der Waals surface area contributed by atoms with Crippen molar-refractivity contribution in [3.05, 3.63) is 17.5 Å². The molecule has 0 aliphatic carbocycles. The molecule has 30 heavy (non-hydrogen) atoms. The molecule has 11 nitrogen and oxygen atoms in total. The number of hydrazine groups is 1. The highest BCUT2D eigenvalue weighted by atomic mass is 16.5. The second-order valence-electron chi connectivity index (χ2n) is 7.84. The van der Waals surface area contributed by atoms with Gasteiger partial charge in [0, 0.05) is 38.4 Å². The van der Waals surface area contributed by atoms with Gasteiger partial charge in [-0.2, -0.15) is 5.10 Å². The van der Waals surface area contributed by atoms with Gasteiger partial charge in [-0.15, -0.1) is 0 Å². The van der Waals surface area contributed by atoms with Gasteiger partial charge < -0.3 is 20.5 Å². The second kappa shape index (κ2) is 9.11. The lowest BCUT2D eigenvalue weighted by atomic mass is 10.1. The van der Waals surface area contributed by atoms with Crippen LogP contribution in [0.5, 0.6) is 0 Å². The molecule has 3 aliphatic heterocycles. The van der Waals surface area contributed by atoms with Gasteiger partial charge in [0.05, 0.1) is 19.2 Å². The van der Waals surface area contributed by atoms with Crippen molar-refractivity contribution in [1.82, 2.24) is 25.1 Å². The van der Waals surface area contributed by atoms with Crippen LogP contribution in [-0.2, 0) is 14.3 Å². The van der Waals surface area contributed by atoms with E-state index in [1.807, 2.05) is 5.01 Å². The molecule has 3 N–H and O–H groups in total. The third-order valence-electron chi connectivity index (χ3n) is 5.87. The number of ether oxygens (including phenoxy) is 2. The molecule has 3 aliphatic rings. The Morgan fingerprint density at radius 2 is 1.80 bits per heavy atom. The number of rotatable bonds is 5. The predicted molar refractivity (Wildman–Crippen MR) is 104 cm³/mol. The standard InChI is InChI=1S/C19H28N6O5/c20-18(27)15-11-16(25(22-15)14-3-8-29-9-4-14)19(28)21-13-1-5-23(6-2-13)24-7-10-30-12-17(24)26/h11,13-14H,1-10,12H2,(H2,20,27)(H,21,28). The van der Waals surface area contributed by atoms with Crippen LogP contribution in [0.1, 0.15) is 52.7 Å². The molecule has 1 aromatic rings. The summed E-state index contributed by atoms with van der Waals surface area (Å²) < 4.78 is 12.2. The highest BCUT2D eigenvalue weighted by Crippen LogP contribution is 2.23. The minimum atomic E-state index is -0.654. The van der Waals surface area contributed by atoms with Gasteiger partial charge in [-0.3, -0.25) is 24.1 Å². The van der Waals surface area contributed by atoms with Crippen molar-refractivity contribution in [2.24, 2.45) is 5.73 Å². The highest BCUT2D eigenvalue weighted by molar-refractivity contribution is 5.97. The van der Waals surface area contributed by atoms with Crippen molar-refractivity contribution in [2.75, 3.05) is 46.1 Å². The van der Waals surface area contributed by atoms with Crippen molar-refractivity contribution in [3.63, 3.8) is 0 Å². The predicted octanol–water partition coefficient (Wildman–Crippen LogP) is -0.698. The highest BCUT2D eigenvalue weighted by Gasteiger charge is 2.31. The zero-order valence-corrected chi connectivity index (χ0v) is 16.9. The molecule has 3 saturated heterocycles. The fourth-order valence-electron chi connectivity index (χ4n) is 4.21. The number of primary amides is 1. The molecule has 0 bridgehead atoms. The number of aromatic nitrogens is 2. The maximum atomic E-state index is 13.0. The zero-order valence-electron chi connectivity index (χ0n) is 16.9. The Labute approximate surface area is 174 Å². The van der Waals surface area contributed by atoms with Crippen molar-refractivity contribution in [1.29, 1.82) is 0 Å². The maximum Gasteiger partial charge on any atom is 0.269 e. The van der Waals surface area contributed by atoms with Crippen LogP contribution < -0.4 is 11.1 Å². The number of morpholine rings is 1. The van der Waals surface area contributed by atoms with Crippen LogP contribution in [0.15, 0.2) is 6.07 Å². The fourth-order valence-corrected chi connectivity index (χ4v) is 4.21. The number of carbonyl (C=O) groups is 3. The Hall–Kier alpha value is -2.50. The lowest BCUT2D eigenvalue weighted by Crippen LogP contribution is -2.56. The number of amides is 3. The number of hydrogen-bond donors (Lipinski definition) is 2. The molecular weight excluding hydrogens is 392 g/mol. The van der Waals surface area contributed by atoms with Crippen LogP contribution >= 0.6 is 0 Å². The summed E-state index contributed by atoms with van der Waals surface area (Å²) in [5.74, 6) is -0.941. The molecule has 0 saturated carbocycles. The van der Waals surface area contributed by atoms with E-state index >= 15 is 0 Å². The summed E-state index contributed by atoms with van der Waals surface area (Å²) in [4.78, 5) is 36.6. The number of nitrogens with one attached hydrogen (secondary N) is 1. The molecule has 0 radical (unpaired) electrons. The average molecular weight is 420 g/mol. The van der Waals surface area contributed by atoms with Gasteiger partial charge in [-0.25, -0.2) is 5.01 Å². The van der Waals surface area contributed by atoms with Gasteiger partial charge in [0.15, 0.2) is 5.69 Å². The first-order chi connectivity index (χ1) is 14.5. The Balaban J connectivity index is 1.39. The molecule has 164 valence electrons. The van der Waals surface area contributed by atoms with Crippen LogP contribution in [0.3, 0.4) is 0 Å². The second-order valence-corrected chi connectivity index (χ2v) is 7.84. The molecule has 0 atom stereocenters. The summed E-state index contributed by atoms with van der Waals surface area (Å²) in [5.41, 5.74) is 5.83. The number of nitrogens with zero attached hydrogens (tertiary/aromatic N) is 4. The summed E-state index contributed by atoms with van der Waals surface area (Å²) in [6.07, 6.45) is 2.91. The van der Waals surface area contributed by atoms with Crippen molar-refractivity contribution in [3.8, 4) is 0 Å². The van der Waals surface area contributed by atoms with Gasteiger partial charge >= 0.3 is 0 Å². The molecule has 3 amide bonds. The van der Waals surface area contributed by atoms with E-state index in [2.05, 4.69) is 10.4 Å². The van der Waals surface area contributed by atoms with Crippen LogP contribution in [0.4, 0.5) is 0 Å². The number of piperidine rings is 1. The third-order valence-corrected chi connectivity index (χ3v) is 5.87. The molecule has 0 aromatic carbocycles. The quantitative estimate of drug-likeness (QED) is 0.644. The van der Waals surface area contributed by atoms with E-state index in [9.17, 15) is 14.4 Å². The summed E-state index contributed by atoms with van der Waals surface area (Å²) >= 11 is 0. The lowest BCUT2D eigenvalue weighted by molar-refractivity contribution is -0.167. The Bertz CT molecular complexity index is 797. The minimum absolute atomic E-state index is 0.00165. The van der Waals surface area contributed by atoms with E-state index in [0.29, 0.717) is 45.1 Å². The summed E-state index contributed by atoms with van der Waals surface area (Å²) in [5, 5.41) is 11.1. The van der Waals surface area contributed by atoms with Crippen LogP contribution in [0, 0.1) is 0 Å². The number of nitrogens with two attached hydrogens (primary N) is 1. The van der Waals surface area contributed by atoms with E-state index < -0.39 is 5.91 Å². The smallest absolute Gasteiger partial charge is 0.269 e. The Kier molecular flexibility index (Phi) is 6.30. The van der Waals surface area contributed by atoms with Crippen molar-refractivity contribution < 1.29 is 23.9 Å². The van der Waals surface area contributed by atoms with Gasteiger partial charge in [-0.05, 0) is 25.7 Å². The van der Waals surface area contributed by atoms with E-state index in [0.717, 1.165) is 25.7 Å². The van der Waals surface area contributed by atoms with E-state index in [4.69, 9.17) is 15.2 Å². The molecule has 0 spiro atoms. The van der Waals surface area contributed by atoms with Gasteiger partial charge in [0.2, 0.25) is 0 Å². The first-order valence-corrected chi connectivity index (χ1v) is 10.4. The molecule has 3 fully saturated rings.